The third kappa shape index (κ3) is 5.02. The van der Waals surface area contributed by atoms with Gasteiger partial charge in [-0.1, -0.05) is 12.1 Å². The Kier molecular flexibility index (Phi) is 5.59. The summed E-state index contributed by atoms with van der Waals surface area (Å²) in [7, 11) is 2.00. The van der Waals surface area contributed by atoms with Crippen molar-refractivity contribution in [2.24, 2.45) is 0 Å². The molecule has 1 heterocycles. The van der Waals surface area contributed by atoms with Crippen molar-refractivity contribution >= 4 is 5.91 Å². The van der Waals surface area contributed by atoms with Crippen LogP contribution in [0, 0.1) is 0 Å². The molecule has 1 aliphatic heterocycles. The first kappa shape index (κ1) is 15.8. The van der Waals surface area contributed by atoms with Crippen LogP contribution in [0.2, 0.25) is 0 Å². The number of ether oxygens (including phenoxy) is 1. The SMILES string of the molecule is C[C@H](CCc1ccc(O)cc1)NC(=O)[C@H]1CN(C)CCO1. The van der Waals surface area contributed by atoms with Crippen molar-refractivity contribution in [3.8, 4) is 5.75 Å². The van der Waals surface area contributed by atoms with Crippen molar-refractivity contribution in [3.05, 3.63) is 29.8 Å². The van der Waals surface area contributed by atoms with Crippen LogP contribution in [0.5, 0.6) is 5.75 Å². The molecule has 1 aromatic rings. The first-order chi connectivity index (χ1) is 10.0. The van der Waals surface area contributed by atoms with Gasteiger partial charge in [-0.3, -0.25) is 4.79 Å². The highest BCUT2D eigenvalue weighted by Gasteiger charge is 2.25. The number of nitrogens with one attached hydrogen (secondary N) is 1. The number of carbonyl (C=O) groups is 1. The van der Waals surface area contributed by atoms with E-state index in [9.17, 15) is 9.90 Å². The van der Waals surface area contributed by atoms with Crippen molar-refractivity contribution in [3.63, 3.8) is 0 Å². The molecule has 5 heteroatoms. The van der Waals surface area contributed by atoms with Crippen LogP contribution in [0.1, 0.15) is 18.9 Å². The highest BCUT2D eigenvalue weighted by molar-refractivity contribution is 5.81. The molecule has 1 amide bonds. The number of phenols is 1. The number of aryl methyl sites for hydroxylation is 1. The zero-order valence-corrected chi connectivity index (χ0v) is 12.7. The fraction of sp³-hybridized carbons (Fsp3) is 0.562. The van der Waals surface area contributed by atoms with E-state index in [1.807, 2.05) is 26.1 Å². The fourth-order valence-corrected chi connectivity index (χ4v) is 2.39. The minimum absolute atomic E-state index is 0.0280. The summed E-state index contributed by atoms with van der Waals surface area (Å²) in [5, 5.41) is 12.3. The number of amides is 1. The zero-order chi connectivity index (χ0) is 15.2. The summed E-state index contributed by atoms with van der Waals surface area (Å²) >= 11 is 0. The number of morpholine rings is 1. The van der Waals surface area contributed by atoms with Crippen LogP contribution in [-0.2, 0) is 16.0 Å². The summed E-state index contributed by atoms with van der Waals surface area (Å²) in [6, 6.07) is 7.28. The third-order valence-electron chi connectivity index (χ3n) is 3.75. The molecule has 1 saturated heterocycles. The van der Waals surface area contributed by atoms with E-state index >= 15 is 0 Å². The van der Waals surface area contributed by atoms with E-state index in [0.717, 1.165) is 24.9 Å². The predicted octanol–water partition coefficient (Wildman–Crippen LogP) is 1.16. The minimum atomic E-state index is -0.361. The lowest BCUT2D eigenvalue weighted by Gasteiger charge is -2.30. The number of nitrogens with zero attached hydrogens (tertiary/aromatic N) is 1. The van der Waals surface area contributed by atoms with E-state index in [4.69, 9.17) is 4.74 Å². The van der Waals surface area contributed by atoms with Gasteiger partial charge in [-0.25, -0.2) is 0 Å². The summed E-state index contributed by atoms with van der Waals surface area (Å²) in [4.78, 5) is 14.2. The third-order valence-corrected chi connectivity index (χ3v) is 3.75. The Labute approximate surface area is 125 Å². The Bertz CT molecular complexity index is 461. The molecule has 0 aromatic heterocycles. The molecule has 1 aliphatic rings. The number of hydrogen-bond acceptors (Lipinski definition) is 4. The normalized spacial score (nSPS) is 21.0. The largest absolute Gasteiger partial charge is 0.508 e. The van der Waals surface area contributed by atoms with E-state index in [0.29, 0.717) is 13.2 Å². The first-order valence-corrected chi connectivity index (χ1v) is 7.43. The lowest BCUT2D eigenvalue weighted by Crippen LogP contribution is -2.50. The molecule has 0 unspecified atom stereocenters. The van der Waals surface area contributed by atoms with Crippen molar-refractivity contribution in [1.29, 1.82) is 0 Å². The van der Waals surface area contributed by atoms with Crippen LogP contribution >= 0.6 is 0 Å². The summed E-state index contributed by atoms with van der Waals surface area (Å²) in [6.45, 7) is 4.14. The molecule has 1 aromatic carbocycles. The molecule has 2 N–H and O–H groups in total. The Morgan fingerprint density at radius 3 is 2.86 bits per heavy atom. The van der Waals surface area contributed by atoms with Gasteiger partial charge in [0.2, 0.25) is 0 Å². The van der Waals surface area contributed by atoms with Gasteiger partial charge in [0.25, 0.3) is 5.91 Å². The molecule has 0 spiro atoms. The molecule has 0 radical (unpaired) electrons. The topological polar surface area (TPSA) is 61.8 Å². The number of hydrogen-bond donors (Lipinski definition) is 2. The molecule has 1 fully saturated rings. The summed E-state index contributed by atoms with van der Waals surface area (Å²) < 4.78 is 5.51. The average molecular weight is 292 g/mol. The van der Waals surface area contributed by atoms with Gasteiger partial charge >= 0.3 is 0 Å². The number of phenolic OH excluding ortho intramolecular Hbond substituents is 1. The Morgan fingerprint density at radius 1 is 1.48 bits per heavy atom. The summed E-state index contributed by atoms with van der Waals surface area (Å²) in [6.07, 6.45) is 1.37. The van der Waals surface area contributed by atoms with Crippen LogP contribution in [0.25, 0.3) is 0 Å². The number of aromatic hydroxyl groups is 1. The van der Waals surface area contributed by atoms with Crippen molar-refractivity contribution in [2.75, 3.05) is 26.7 Å². The molecule has 116 valence electrons. The molecule has 0 saturated carbocycles. The summed E-state index contributed by atoms with van der Waals surface area (Å²) in [5.74, 6) is 0.249. The Morgan fingerprint density at radius 2 is 2.19 bits per heavy atom. The predicted molar refractivity (Wildman–Crippen MR) is 81.3 cm³/mol. The van der Waals surface area contributed by atoms with Gasteiger partial charge in [-0.15, -0.1) is 0 Å². The van der Waals surface area contributed by atoms with E-state index in [2.05, 4.69) is 10.2 Å². The molecular weight excluding hydrogens is 268 g/mol. The Hall–Kier alpha value is -1.59. The van der Waals surface area contributed by atoms with E-state index < -0.39 is 0 Å². The van der Waals surface area contributed by atoms with Gasteiger partial charge in [-0.05, 0) is 44.5 Å². The quantitative estimate of drug-likeness (QED) is 0.855. The average Bonchev–Trinajstić information content (AvgIpc) is 2.46. The number of likely N-dealkylation sites (N-methyl/N-ethyl adjacent to an activating group) is 1. The maximum atomic E-state index is 12.1. The first-order valence-electron chi connectivity index (χ1n) is 7.43. The highest BCUT2D eigenvalue weighted by atomic mass is 16.5. The van der Waals surface area contributed by atoms with E-state index in [1.165, 1.54) is 0 Å². The fourth-order valence-electron chi connectivity index (χ4n) is 2.39. The van der Waals surface area contributed by atoms with Crippen LogP contribution in [0.4, 0.5) is 0 Å². The molecular formula is C16H24N2O3. The zero-order valence-electron chi connectivity index (χ0n) is 12.7. The lowest BCUT2D eigenvalue weighted by molar-refractivity contribution is -0.138. The van der Waals surface area contributed by atoms with Crippen LogP contribution in [-0.4, -0.2) is 54.8 Å². The molecule has 5 nitrogen and oxygen atoms in total. The standard InChI is InChI=1S/C16H24N2O3/c1-12(3-4-13-5-7-14(19)8-6-13)17-16(20)15-11-18(2)9-10-21-15/h5-8,12,15,19H,3-4,9-11H2,1-2H3,(H,17,20)/t12-,15-/m1/s1. The lowest BCUT2D eigenvalue weighted by atomic mass is 10.1. The van der Waals surface area contributed by atoms with Crippen LogP contribution in [0.15, 0.2) is 24.3 Å². The van der Waals surface area contributed by atoms with Gasteiger partial charge in [0, 0.05) is 19.1 Å². The van der Waals surface area contributed by atoms with Gasteiger partial charge in [0.1, 0.15) is 11.9 Å². The number of rotatable bonds is 5. The number of benzene rings is 1. The Balaban J connectivity index is 1.74. The second kappa shape index (κ2) is 7.43. The monoisotopic (exact) mass is 292 g/mol. The van der Waals surface area contributed by atoms with Crippen LogP contribution < -0.4 is 5.32 Å². The second-order valence-corrected chi connectivity index (χ2v) is 5.74. The second-order valence-electron chi connectivity index (χ2n) is 5.74. The number of carbonyl (C=O) groups excluding carboxylic acids is 1. The van der Waals surface area contributed by atoms with Crippen molar-refractivity contribution < 1.29 is 14.6 Å². The van der Waals surface area contributed by atoms with Gasteiger partial charge < -0.3 is 20.1 Å². The summed E-state index contributed by atoms with van der Waals surface area (Å²) in [5.41, 5.74) is 1.16. The molecule has 21 heavy (non-hydrogen) atoms. The van der Waals surface area contributed by atoms with Crippen molar-refractivity contribution in [1.82, 2.24) is 10.2 Å². The van der Waals surface area contributed by atoms with Crippen LogP contribution in [0.3, 0.4) is 0 Å². The molecule has 2 atom stereocenters. The maximum Gasteiger partial charge on any atom is 0.250 e. The van der Waals surface area contributed by atoms with Crippen molar-refractivity contribution in [2.45, 2.75) is 31.9 Å². The van der Waals surface area contributed by atoms with E-state index in [1.54, 1.807) is 12.1 Å². The smallest absolute Gasteiger partial charge is 0.250 e. The highest BCUT2D eigenvalue weighted by Crippen LogP contribution is 2.12. The van der Waals surface area contributed by atoms with Gasteiger partial charge in [0.05, 0.1) is 6.61 Å². The molecule has 0 bridgehead atoms. The van der Waals surface area contributed by atoms with Gasteiger partial charge in [0.15, 0.2) is 0 Å². The van der Waals surface area contributed by atoms with E-state index in [-0.39, 0.29) is 23.8 Å². The van der Waals surface area contributed by atoms with Gasteiger partial charge in [-0.2, -0.15) is 0 Å². The maximum absolute atomic E-state index is 12.1. The molecule has 0 aliphatic carbocycles. The minimum Gasteiger partial charge on any atom is -0.508 e. The molecule has 2 rings (SSSR count).